The van der Waals surface area contributed by atoms with Crippen molar-refractivity contribution in [3.63, 3.8) is 0 Å². The minimum Gasteiger partial charge on any atom is -0.383 e. The third kappa shape index (κ3) is 3.71. The van der Waals surface area contributed by atoms with Gasteiger partial charge in [-0.05, 0) is 26.8 Å². The predicted octanol–water partition coefficient (Wildman–Crippen LogP) is 1.42. The Hall–Kier alpha value is -1.07. The van der Waals surface area contributed by atoms with Crippen LogP contribution in [-0.4, -0.2) is 53.8 Å². The minimum atomic E-state index is 0.275. The second kappa shape index (κ2) is 6.20. The van der Waals surface area contributed by atoms with Crippen LogP contribution in [0.15, 0.2) is 12.4 Å². The maximum atomic E-state index is 5.12. The summed E-state index contributed by atoms with van der Waals surface area (Å²) >= 11 is 0. The Labute approximate surface area is 109 Å². The highest BCUT2D eigenvalue weighted by molar-refractivity contribution is 5.27. The fourth-order valence-electron chi connectivity index (χ4n) is 2.11. The van der Waals surface area contributed by atoms with E-state index in [4.69, 9.17) is 4.74 Å². The van der Waals surface area contributed by atoms with E-state index in [0.29, 0.717) is 6.61 Å². The van der Waals surface area contributed by atoms with E-state index in [1.807, 2.05) is 12.4 Å². The molecule has 1 heterocycles. The summed E-state index contributed by atoms with van der Waals surface area (Å²) in [7, 11) is 3.92. The van der Waals surface area contributed by atoms with Crippen molar-refractivity contribution in [1.82, 2.24) is 14.5 Å². The lowest BCUT2D eigenvalue weighted by Crippen LogP contribution is -2.27. The Balaban J connectivity index is 1.82. The average molecular weight is 252 g/mol. The van der Waals surface area contributed by atoms with Gasteiger partial charge in [-0.3, -0.25) is 0 Å². The maximum Gasteiger partial charge on any atom is 0.203 e. The molecular weight excluding hydrogens is 228 g/mol. The van der Waals surface area contributed by atoms with E-state index in [0.717, 1.165) is 25.1 Å². The summed E-state index contributed by atoms with van der Waals surface area (Å²) in [6.45, 7) is 4.84. The second-order valence-corrected chi connectivity index (χ2v) is 5.16. The van der Waals surface area contributed by atoms with Crippen molar-refractivity contribution in [2.45, 2.75) is 38.4 Å². The van der Waals surface area contributed by atoms with Crippen LogP contribution in [0.2, 0.25) is 0 Å². The van der Waals surface area contributed by atoms with E-state index >= 15 is 0 Å². The van der Waals surface area contributed by atoms with Gasteiger partial charge in [-0.1, -0.05) is 0 Å². The van der Waals surface area contributed by atoms with Gasteiger partial charge >= 0.3 is 0 Å². The molecule has 5 heteroatoms. The van der Waals surface area contributed by atoms with Crippen LogP contribution in [0, 0.1) is 0 Å². The Morgan fingerprint density at radius 3 is 3.06 bits per heavy atom. The molecule has 0 aliphatic heterocycles. The van der Waals surface area contributed by atoms with E-state index < -0.39 is 0 Å². The Morgan fingerprint density at radius 2 is 2.39 bits per heavy atom. The van der Waals surface area contributed by atoms with Crippen LogP contribution < -0.4 is 5.32 Å². The van der Waals surface area contributed by atoms with E-state index in [1.54, 1.807) is 7.11 Å². The average Bonchev–Trinajstić information content (AvgIpc) is 3.10. The van der Waals surface area contributed by atoms with Crippen LogP contribution in [0.4, 0.5) is 5.95 Å². The standard InChI is InChI=1S/C13H24N4O/c1-11(10-18-3)15-13-14-6-7-17(13)9-8-16(2)12-4-5-12/h6-7,11-12H,4-5,8-10H2,1-3H3,(H,14,15). The molecule has 0 radical (unpaired) electrons. The molecule has 0 spiro atoms. The number of hydrogen-bond acceptors (Lipinski definition) is 4. The molecule has 1 unspecified atom stereocenters. The first-order chi connectivity index (χ1) is 8.70. The quantitative estimate of drug-likeness (QED) is 0.760. The maximum absolute atomic E-state index is 5.12. The van der Waals surface area contributed by atoms with Crippen molar-refractivity contribution < 1.29 is 4.74 Å². The Kier molecular flexibility index (Phi) is 4.60. The third-order valence-corrected chi connectivity index (χ3v) is 3.37. The van der Waals surface area contributed by atoms with Gasteiger partial charge in [-0.2, -0.15) is 0 Å². The fourth-order valence-corrected chi connectivity index (χ4v) is 2.11. The second-order valence-electron chi connectivity index (χ2n) is 5.16. The van der Waals surface area contributed by atoms with Crippen molar-refractivity contribution in [3.8, 4) is 0 Å². The zero-order chi connectivity index (χ0) is 13.0. The molecule has 1 aromatic rings. The number of anilines is 1. The molecule has 1 aliphatic rings. The number of nitrogens with zero attached hydrogens (tertiary/aromatic N) is 3. The number of aromatic nitrogens is 2. The number of imidazole rings is 1. The first-order valence-corrected chi connectivity index (χ1v) is 6.67. The summed E-state index contributed by atoms with van der Waals surface area (Å²) in [5.74, 6) is 0.934. The zero-order valence-corrected chi connectivity index (χ0v) is 11.6. The van der Waals surface area contributed by atoms with Gasteiger partial charge in [-0.15, -0.1) is 0 Å². The monoisotopic (exact) mass is 252 g/mol. The minimum absolute atomic E-state index is 0.275. The summed E-state index contributed by atoms with van der Waals surface area (Å²) in [6.07, 6.45) is 6.59. The highest BCUT2D eigenvalue weighted by atomic mass is 16.5. The molecule has 1 aromatic heterocycles. The SMILES string of the molecule is COCC(C)Nc1nccn1CCN(C)C1CC1. The lowest BCUT2D eigenvalue weighted by molar-refractivity contribution is 0.190. The van der Waals surface area contributed by atoms with Gasteiger partial charge in [0.15, 0.2) is 0 Å². The number of rotatable bonds is 8. The first-order valence-electron chi connectivity index (χ1n) is 6.67. The summed E-state index contributed by atoms with van der Waals surface area (Å²) < 4.78 is 7.29. The van der Waals surface area contributed by atoms with Gasteiger partial charge in [0, 0.05) is 44.7 Å². The molecule has 18 heavy (non-hydrogen) atoms. The van der Waals surface area contributed by atoms with Gasteiger partial charge in [0.1, 0.15) is 0 Å². The molecular formula is C13H24N4O. The van der Waals surface area contributed by atoms with E-state index in [9.17, 15) is 0 Å². The Bertz CT molecular complexity index is 362. The molecule has 2 rings (SSSR count). The molecule has 1 fully saturated rings. The Morgan fingerprint density at radius 1 is 1.61 bits per heavy atom. The van der Waals surface area contributed by atoms with Crippen molar-refractivity contribution in [1.29, 1.82) is 0 Å². The smallest absolute Gasteiger partial charge is 0.203 e. The number of nitrogens with one attached hydrogen (secondary N) is 1. The van der Waals surface area contributed by atoms with Gasteiger partial charge < -0.3 is 19.5 Å². The predicted molar refractivity (Wildman–Crippen MR) is 72.8 cm³/mol. The topological polar surface area (TPSA) is 42.3 Å². The summed E-state index contributed by atoms with van der Waals surface area (Å²) in [4.78, 5) is 6.79. The van der Waals surface area contributed by atoms with Gasteiger partial charge in [0.05, 0.1) is 6.61 Å². The number of likely N-dealkylation sites (N-methyl/N-ethyl adjacent to an activating group) is 1. The van der Waals surface area contributed by atoms with Crippen LogP contribution in [0.3, 0.4) is 0 Å². The third-order valence-electron chi connectivity index (χ3n) is 3.37. The van der Waals surface area contributed by atoms with Crippen molar-refractivity contribution >= 4 is 5.95 Å². The fraction of sp³-hybridized carbons (Fsp3) is 0.769. The molecule has 5 nitrogen and oxygen atoms in total. The molecule has 1 N–H and O–H groups in total. The molecule has 0 amide bonds. The van der Waals surface area contributed by atoms with E-state index in [-0.39, 0.29) is 6.04 Å². The first kappa shape index (κ1) is 13.4. The summed E-state index contributed by atoms with van der Waals surface area (Å²) in [5.41, 5.74) is 0. The van der Waals surface area contributed by atoms with Crippen LogP contribution in [0.1, 0.15) is 19.8 Å². The largest absolute Gasteiger partial charge is 0.383 e. The highest BCUT2D eigenvalue weighted by Gasteiger charge is 2.25. The van der Waals surface area contributed by atoms with Gasteiger partial charge in [-0.25, -0.2) is 4.98 Å². The zero-order valence-electron chi connectivity index (χ0n) is 11.6. The van der Waals surface area contributed by atoms with Crippen LogP contribution in [-0.2, 0) is 11.3 Å². The number of methoxy groups -OCH3 is 1. The van der Waals surface area contributed by atoms with Gasteiger partial charge in [0.25, 0.3) is 0 Å². The van der Waals surface area contributed by atoms with E-state index in [2.05, 4.69) is 33.7 Å². The normalized spacial score (nSPS) is 17.1. The van der Waals surface area contributed by atoms with Crippen LogP contribution in [0.25, 0.3) is 0 Å². The highest BCUT2D eigenvalue weighted by Crippen LogP contribution is 2.25. The van der Waals surface area contributed by atoms with E-state index in [1.165, 1.54) is 12.8 Å². The lowest BCUT2D eigenvalue weighted by atomic mass is 10.4. The van der Waals surface area contributed by atoms with Crippen molar-refractivity contribution in [2.24, 2.45) is 0 Å². The molecule has 102 valence electrons. The number of hydrogen-bond donors (Lipinski definition) is 1. The van der Waals surface area contributed by atoms with Crippen molar-refractivity contribution in [2.75, 3.05) is 32.6 Å². The lowest BCUT2D eigenvalue weighted by Gasteiger charge is -2.18. The van der Waals surface area contributed by atoms with Crippen LogP contribution in [0.5, 0.6) is 0 Å². The van der Waals surface area contributed by atoms with Crippen LogP contribution >= 0.6 is 0 Å². The molecule has 0 aromatic carbocycles. The molecule has 0 saturated heterocycles. The molecule has 1 atom stereocenters. The summed E-state index contributed by atoms with van der Waals surface area (Å²) in [5, 5.41) is 3.37. The molecule has 1 saturated carbocycles. The van der Waals surface area contributed by atoms with Gasteiger partial charge in [0.2, 0.25) is 5.95 Å². The summed E-state index contributed by atoms with van der Waals surface area (Å²) in [6, 6.07) is 1.09. The number of ether oxygens (including phenoxy) is 1. The molecule has 1 aliphatic carbocycles. The molecule has 0 bridgehead atoms. The van der Waals surface area contributed by atoms with Crippen molar-refractivity contribution in [3.05, 3.63) is 12.4 Å².